The van der Waals surface area contributed by atoms with Gasteiger partial charge in [-0.25, -0.2) is 4.79 Å². The van der Waals surface area contributed by atoms with Gasteiger partial charge < -0.3 is 20.3 Å². The molecule has 3 rings (SSSR count). The highest BCUT2D eigenvalue weighted by molar-refractivity contribution is 5.89. The SMILES string of the molecule is COc1ccccc1CCNC(=O)Nc1ccc(N2CCCCC2)cc1. The lowest BCUT2D eigenvalue weighted by Crippen LogP contribution is -2.31. The van der Waals surface area contributed by atoms with Gasteiger partial charge in [0.2, 0.25) is 0 Å². The number of carbonyl (C=O) groups is 1. The maximum atomic E-state index is 12.1. The molecule has 0 radical (unpaired) electrons. The van der Waals surface area contributed by atoms with Gasteiger partial charge in [-0.05, 0) is 61.6 Å². The van der Waals surface area contributed by atoms with Gasteiger partial charge in [-0.2, -0.15) is 0 Å². The number of piperidine rings is 1. The standard InChI is InChI=1S/C21H27N3O2/c1-26-20-8-4-3-7-17(20)13-14-22-21(25)23-18-9-11-19(12-10-18)24-15-5-2-6-16-24/h3-4,7-12H,2,5-6,13-16H2,1H3,(H2,22,23,25). The van der Waals surface area contributed by atoms with Gasteiger partial charge in [0.15, 0.2) is 0 Å². The monoisotopic (exact) mass is 353 g/mol. The Balaban J connectivity index is 1.45. The molecule has 0 unspecified atom stereocenters. The summed E-state index contributed by atoms with van der Waals surface area (Å²) in [5, 5.41) is 5.78. The summed E-state index contributed by atoms with van der Waals surface area (Å²) in [5.74, 6) is 0.850. The van der Waals surface area contributed by atoms with Gasteiger partial charge in [-0.3, -0.25) is 0 Å². The van der Waals surface area contributed by atoms with Crippen molar-refractivity contribution in [3.8, 4) is 5.75 Å². The Bertz CT molecular complexity index is 709. The third kappa shape index (κ3) is 4.91. The molecule has 5 heteroatoms. The first-order chi connectivity index (χ1) is 12.8. The highest BCUT2D eigenvalue weighted by Crippen LogP contribution is 2.22. The summed E-state index contributed by atoms with van der Waals surface area (Å²) < 4.78 is 5.33. The van der Waals surface area contributed by atoms with Crippen molar-refractivity contribution in [2.24, 2.45) is 0 Å². The number of anilines is 2. The van der Waals surface area contributed by atoms with Crippen LogP contribution >= 0.6 is 0 Å². The van der Waals surface area contributed by atoms with Crippen molar-refractivity contribution in [2.45, 2.75) is 25.7 Å². The van der Waals surface area contributed by atoms with Gasteiger partial charge in [-0.15, -0.1) is 0 Å². The van der Waals surface area contributed by atoms with Crippen molar-refractivity contribution in [1.82, 2.24) is 5.32 Å². The Labute approximate surface area is 155 Å². The first-order valence-electron chi connectivity index (χ1n) is 9.28. The molecular weight excluding hydrogens is 326 g/mol. The van der Waals surface area contributed by atoms with Crippen LogP contribution < -0.4 is 20.3 Å². The van der Waals surface area contributed by atoms with Gasteiger partial charge in [0, 0.05) is 31.0 Å². The van der Waals surface area contributed by atoms with Crippen molar-refractivity contribution in [2.75, 3.05) is 37.0 Å². The maximum Gasteiger partial charge on any atom is 0.319 e. The lowest BCUT2D eigenvalue weighted by molar-refractivity contribution is 0.252. The van der Waals surface area contributed by atoms with Crippen LogP contribution in [0.5, 0.6) is 5.75 Å². The van der Waals surface area contributed by atoms with Gasteiger partial charge >= 0.3 is 6.03 Å². The lowest BCUT2D eigenvalue weighted by Gasteiger charge is -2.28. The Morgan fingerprint density at radius 3 is 2.50 bits per heavy atom. The van der Waals surface area contributed by atoms with E-state index in [4.69, 9.17) is 4.74 Å². The van der Waals surface area contributed by atoms with Crippen molar-refractivity contribution >= 4 is 17.4 Å². The van der Waals surface area contributed by atoms with E-state index >= 15 is 0 Å². The molecule has 26 heavy (non-hydrogen) atoms. The van der Waals surface area contributed by atoms with Crippen LogP contribution in [0.25, 0.3) is 0 Å². The third-order valence-electron chi connectivity index (χ3n) is 4.72. The topological polar surface area (TPSA) is 53.6 Å². The quantitative estimate of drug-likeness (QED) is 0.824. The summed E-state index contributed by atoms with van der Waals surface area (Å²) in [7, 11) is 1.66. The molecule has 0 aliphatic carbocycles. The van der Waals surface area contributed by atoms with Crippen molar-refractivity contribution in [3.63, 3.8) is 0 Å². The second-order valence-corrected chi connectivity index (χ2v) is 6.54. The molecule has 1 aliphatic rings. The first-order valence-corrected chi connectivity index (χ1v) is 9.28. The van der Waals surface area contributed by atoms with Crippen LogP contribution in [-0.2, 0) is 6.42 Å². The summed E-state index contributed by atoms with van der Waals surface area (Å²) in [5.41, 5.74) is 3.12. The smallest absolute Gasteiger partial charge is 0.319 e. The molecule has 138 valence electrons. The first kappa shape index (κ1) is 18.1. The molecule has 0 aromatic heterocycles. The zero-order valence-electron chi connectivity index (χ0n) is 15.3. The molecule has 0 spiro atoms. The molecule has 1 fully saturated rings. The molecule has 1 saturated heterocycles. The summed E-state index contributed by atoms with van der Waals surface area (Å²) in [6.45, 7) is 2.80. The molecule has 2 amide bonds. The van der Waals surface area contributed by atoms with E-state index in [0.29, 0.717) is 6.54 Å². The molecular formula is C21H27N3O2. The average Bonchev–Trinajstić information content (AvgIpc) is 2.69. The van der Waals surface area contributed by atoms with E-state index in [1.807, 2.05) is 36.4 Å². The molecule has 0 bridgehead atoms. The van der Waals surface area contributed by atoms with Crippen molar-refractivity contribution < 1.29 is 9.53 Å². The van der Waals surface area contributed by atoms with Crippen LogP contribution in [0.2, 0.25) is 0 Å². The average molecular weight is 353 g/mol. The van der Waals surface area contributed by atoms with Crippen LogP contribution in [0.15, 0.2) is 48.5 Å². The summed E-state index contributed by atoms with van der Waals surface area (Å²) in [4.78, 5) is 14.5. The van der Waals surface area contributed by atoms with Crippen LogP contribution in [0.3, 0.4) is 0 Å². The number of para-hydroxylation sites is 1. The molecule has 1 aliphatic heterocycles. The highest BCUT2D eigenvalue weighted by atomic mass is 16.5. The second-order valence-electron chi connectivity index (χ2n) is 6.54. The van der Waals surface area contributed by atoms with Crippen LogP contribution in [0.1, 0.15) is 24.8 Å². The van der Waals surface area contributed by atoms with E-state index in [2.05, 4.69) is 27.7 Å². The van der Waals surface area contributed by atoms with Crippen LogP contribution in [0, 0.1) is 0 Å². The number of amides is 2. The van der Waals surface area contributed by atoms with Gasteiger partial charge in [0.1, 0.15) is 5.75 Å². The molecule has 0 saturated carbocycles. The van der Waals surface area contributed by atoms with E-state index < -0.39 is 0 Å². The number of carbonyl (C=O) groups excluding carboxylic acids is 1. The largest absolute Gasteiger partial charge is 0.496 e. The van der Waals surface area contributed by atoms with E-state index in [1.54, 1.807) is 7.11 Å². The van der Waals surface area contributed by atoms with Gasteiger partial charge in [0.05, 0.1) is 7.11 Å². The molecule has 1 heterocycles. The Morgan fingerprint density at radius 1 is 1.04 bits per heavy atom. The van der Waals surface area contributed by atoms with Crippen molar-refractivity contribution in [1.29, 1.82) is 0 Å². The summed E-state index contributed by atoms with van der Waals surface area (Å²) >= 11 is 0. The number of hydrogen-bond acceptors (Lipinski definition) is 3. The predicted octanol–water partition coefficient (Wildman–Crippen LogP) is 4.05. The van der Waals surface area contributed by atoms with E-state index in [9.17, 15) is 4.79 Å². The molecule has 5 nitrogen and oxygen atoms in total. The fourth-order valence-electron chi connectivity index (χ4n) is 3.30. The normalized spacial score (nSPS) is 14.0. The van der Waals surface area contributed by atoms with E-state index in [1.165, 1.54) is 24.9 Å². The number of nitrogens with one attached hydrogen (secondary N) is 2. The second kappa shape index (κ2) is 9.13. The fourth-order valence-corrected chi connectivity index (χ4v) is 3.30. The number of ether oxygens (including phenoxy) is 1. The summed E-state index contributed by atoms with van der Waals surface area (Å²) in [6.07, 6.45) is 4.57. The van der Waals surface area contributed by atoms with Crippen LogP contribution in [-0.4, -0.2) is 32.8 Å². The Morgan fingerprint density at radius 2 is 1.77 bits per heavy atom. The minimum absolute atomic E-state index is 0.189. The number of nitrogens with zero attached hydrogens (tertiary/aromatic N) is 1. The zero-order chi connectivity index (χ0) is 18.2. The van der Waals surface area contributed by atoms with E-state index in [0.717, 1.165) is 36.5 Å². The van der Waals surface area contributed by atoms with Crippen LogP contribution in [0.4, 0.5) is 16.2 Å². The number of rotatable bonds is 6. The Kier molecular flexibility index (Phi) is 6.36. The Hall–Kier alpha value is -2.69. The fraction of sp³-hybridized carbons (Fsp3) is 0.381. The molecule has 2 aromatic carbocycles. The zero-order valence-corrected chi connectivity index (χ0v) is 15.3. The number of hydrogen-bond donors (Lipinski definition) is 2. The number of methoxy groups -OCH3 is 1. The molecule has 0 atom stereocenters. The minimum atomic E-state index is -0.189. The van der Waals surface area contributed by atoms with E-state index in [-0.39, 0.29) is 6.03 Å². The van der Waals surface area contributed by atoms with Gasteiger partial charge in [0.25, 0.3) is 0 Å². The highest BCUT2D eigenvalue weighted by Gasteiger charge is 2.11. The minimum Gasteiger partial charge on any atom is -0.496 e. The lowest BCUT2D eigenvalue weighted by atomic mass is 10.1. The predicted molar refractivity (Wildman–Crippen MR) is 106 cm³/mol. The maximum absolute atomic E-state index is 12.1. The van der Waals surface area contributed by atoms with Gasteiger partial charge in [-0.1, -0.05) is 18.2 Å². The third-order valence-corrected chi connectivity index (χ3v) is 4.72. The summed E-state index contributed by atoms with van der Waals surface area (Å²) in [6, 6.07) is 15.7. The number of benzene rings is 2. The number of urea groups is 1. The molecule has 2 N–H and O–H groups in total. The molecule has 2 aromatic rings. The van der Waals surface area contributed by atoms with Crippen molar-refractivity contribution in [3.05, 3.63) is 54.1 Å².